The number of amides is 2. The Morgan fingerprint density at radius 2 is 2.28 bits per heavy atom. The third-order valence-corrected chi connectivity index (χ3v) is 3.40. The molecule has 2 atom stereocenters. The summed E-state index contributed by atoms with van der Waals surface area (Å²) in [5.41, 5.74) is 4.84. The molecule has 2 heterocycles. The van der Waals surface area contributed by atoms with Gasteiger partial charge in [0, 0.05) is 26.2 Å². The zero-order valence-electron chi connectivity index (χ0n) is 10.1. The highest BCUT2D eigenvalue weighted by Gasteiger charge is 2.46. The molecule has 0 aromatic heterocycles. The molecule has 8 heteroatoms. The maximum Gasteiger partial charge on any atom is 0.242 e. The third kappa shape index (κ3) is 2.61. The molecule has 0 aromatic carbocycles. The second-order valence-electron chi connectivity index (χ2n) is 4.56. The number of hydrogen-bond acceptors (Lipinski definition) is 5. The van der Waals surface area contributed by atoms with Crippen LogP contribution in [0.5, 0.6) is 0 Å². The second kappa shape index (κ2) is 5.87. The second-order valence-corrected chi connectivity index (χ2v) is 4.56. The van der Waals surface area contributed by atoms with Gasteiger partial charge in [-0.3, -0.25) is 9.59 Å². The number of nitrogens with one attached hydrogen (secondary N) is 2. The highest BCUT2D eigenvalue weighted by molar-refractivity contribution is 7.59. The van der Waals surface area contributed by atoms with Crippen molar-refractivity contribution in [2.45, 2.75) is 18.0 Å². The summed E-state index contributed by atoms with van der Waals surface area (Å²) >= 11 is 0. The number of aliphatic hydroxyl groups is 1. The minimum atomic E-state index is -0.894. The number of piperazine rings is 1. The summed E-state index contributed by atoms with van der Waals surface area (Å²) < 4.78 is 0. The Morgan fingerprint density at radius 1 is 1.56 bits per heavy atom. The van der Waals surface area contributed by atoms with E-state index in [4.69, 9.17) is 10.8 Å². The van der Waals surface area contributed by atoms with E-state index in [1.165, 1.54) is 0 Å². The molecule has 7 nitrogen and oxygen atoms in total. The Balaban J connectivity index is 0.00000162. The molecule has 2 amide bonds. The van der Waals surface area contributed by atoms with Gasteiger partial charge in [-0.25, -0.2) is 0 Å². The summed E-state index contributed by atoms with van der Waals surface area (Å²) in [5.74, 6) is -0.361. The lowest BCUT2D eigenvalue weighted by Crippen LogP contribution is -2.66. The SMILES string of the molecule is N[C@@H](CO)C(=O)N1CCNC2(CCNC2=O)C1.S. The maximum absolute atomic E-state index is 11.9. The van der Waals surface area contributed by atoms with Crippen LogP contribution >= 0.6 is 13.5 Å². The molecule has 2 aliphatic rings. The molecular weight excluding hydrogens is 256 g/mol. The van der Waals surface area contributed by atoms with Crippen molar-refractivity contribution in [2.24, 2.45) is 5.73 Å². The molecule has 0 radical (unpaired) electrons. The number of aliphatic hydroxyl groups excluding tert-OH is 1. The number of nitrogens with two attached hydrogens (primary N) is 1. The van der Waals surface area contributed by atoms with Crippen molar-refractivity contribution in [1.29, 1.82) is 0 Å². The van der Waals surface area contributed by atoms with Gasteiger partial charge in [-0.2, -0.15) is 13.5 Å². The summed E-state index contributed by atoms with van der Waals surface area (Å²) in [7, 11) is 0. The molecule has 0 bridgehead atoms. The number of carbonyl (C=O) groups excluding carboxylic acids is 2. The van der Waals surface area contributed by atoms with Crippen molar-refractivity contribution < 1.29 is 14.7 Å². The Hall–Kier alpha value is -0.830. The Labute approximate surface area is 113 Å². The predicted octanol–water partition coefficient (Wildman–Crippen LogP) is -2.89. The molecule has 0 aromatic rings. The zero-order chi connectivity index (χ0) is 12.5. The number of rotatable bonds is 2. The van der Waals surface area contributed by atoms with E-state index < -0.39 is 11.6 Å². The van der Waals surface area contributed by atoms with Gasteiger partial charge in [0.1, 0.15) is 11.6 Å². The molecule has 2 fully saturated rings. The van der Waals surface area contributed by atoms with Crippen LogP contribution in [-0.2, 0) is 9.59 Å². The average Bonchev–Trinajstić information content (AvgIpc) is 2.69. The van der Waals surface area contributed by atoms with Crippen LogP contribution in [0.2, 0.25) is 0 Å². The Kier molecular flexibility index (Phi) is 4.97. The zero-order valence-corrected chi connectivity index (χ0v) is 11.1. The van der Waals surface area contributed by atoms with Gasteiger partial charge in [0.15, 0.2) is 0 Å². The van der Waals surface area contributed by atoms with Crippen molar-refractivity contribution in [3.63, 3.8) is 0 Å². The van der Waals surface area contributed by atoms with Crippen molar-refractivity contribution in [3.05, 3.63) is 0 Å². The average molecular weight is 276 g/mol. The van der Waals surface area contributed by atoms with E-state index in [1.54, 1.807) is 4.90 Å². The normalized spacial score (nSPS) is 28.8. The van der Waals surface area contributed by atoms with Crippen LogP contribution in [0.1, 0.15) is 6.42 Å². The monoisotopic (exact) mass is 276 g/mol. The first-order valence-electron chi connectivity index (χ1n) is 5.78. The summed E-state index contributed by atoms with van der Waals surface area (Å²) in [6, 6.07) is -0.894. The predicted molar refractivity (Wildman–Crippen MR) is 70.4 cm³/mol. The van der Waals surface area contributed by atoms with E-state index in [0.717, 1.165) is 0 Å². The molecule has 2 rings (SSSR count). The maximum atomic E-state index is 11.9. The van der Waals surface area contributed by atoms with Crippen molar-refractivity contribution in [2.75, 3.05) is 32.8 Å². The van der Waals surface area contributed by atoms with Crippen molar-refractivity contribution in [3.8, 4) is 0 Å². The van der Waals surface area contributed by atoms with Crippen molar-refractivity contribution >= 4 is 25.3 Å². The molecule has 18 heavy (non-hydrogen) atoms. The van der Waals surface area contributed by atoms with Gasteiger partial charge in [0.2, 0.25) is 11.8 Å². The molecule has 2 saturated heterocycles. The first kappa shape index (κ1) is 15.2. The van der Waals surface area contributed by atoms with Gasteiger partial charge in [-0.15, -0.1) is 0 Å². The largest absolute Gasteiger partial charge is 0.394 e. The molecule has 1 unspecified atom stereocenters. The Bertz CT molecular complexity index is 341. The van der Waals surface area contributed by atoms with E-state index in [-0.39, 0.29) is 31.9 Å². The molecule has 0 aliphatic carbocycles. The van der Waals surface area contributed by atoms with Crippen LogP contribution in [0.4, 0.5) is 0 Å². The van der Waals surface area contributed by atoms with E-state index in [2.05, 4.69) is 10.6 Å². The van der Waals surface area contributed by atoms with Crippen LogP contribution < -0.4 is 16.4 Å². The van der Waals surface area contributed by atoms with Gasteiger partial charge in [0.05, 0.1) is 6.61 Å². The van der Waals surface area contributed by atoms with Gasteiger partial charge in [-0.1, -0.05) is 0 Å². The first-order valence-corrected chi connectivity index (χ1v) is 5.78. The number of nitrogens with zero attached hydrogens (tertiary/aromatic N) is 1. The quantitative estimate of drug-likeness (QED) is 0.433. The molecule has 2 aliphatic heterocycles. The van der Waals surface area contributed by atoms with E-state index in [0.29, 0.717) is 32.6 Å². The minimum absolute atomic E-state index is 0. The fraction of sp³-hybridized carbons (Fsp3) is 0.800. The third-order valence-electron chi connectivity index (χ3n) is 3.40. The molecule has 5 N–H and O–H groups in total. The Morgan fingerprint density at radius 3 is 2.83 bits per heavy atom. The molecule has 104 valence electrons. The lowest BCUT2D eigenvalue weighted by atomic mass is 9.94. The van der Waals surface area contributed by atoms with Crippen molar-refractivity contribution in [1.82, 2.24) is 15.5 Å². The molecule has 1 spiro atoms. The fourth-order valence-corrected chi connectivity index (χ4v) is 2.38. The fourth-order valence-electron chi connectivity index (χ4n) is 2.38. The summed E-state index contributed by atoms with van der Waals surface area (Å²) in [4.78, 5) is 25.2. The molecular formula is C10H20N4O3S. The minimum Gasteiger partial charge on any atom is -0.394 e. The van der Waals surface area contributed by atoms with E-state index in [9.17, 15) is 9.59 Å². The topological polar surface area (TPSA) is 108 Å². The van der Waals surface area contributed by atoms with Crippen LogP contribution in [-0.4, -0.2) is 66.2 Å². The van der Waals surface area contributed by atoms with Crippen LogP contribution in [0.15, 0.2) is 0 Å². The first-order chi connectivity index (χ1) is 8.09. The van der Waals surface area contributed by atoms with Crippen LogP contribution in [0.25, 0.3) is 0 Å². The lowest BCUT2D eigenvalue weighted by molar-refractivity contribution is -0.138. The van der Waals surface area contributed by atoms with Gasteiger partial charge < -0.3 is 26.4 Å². The highest BCUT2D eigenvalue weighted by atomic mass is 32.1. The lowest BCUT2D eigenvalue weighted by Gasteiger charge is -2.40. The highest BCUT2D eigenvalue weighted by Crippen LogP contribution is 2.20. The van der Waals surface area contributed by atoms with Crippen LogP contribution in [0, 0.1) is 0 Å². The smallest absolute Gasteiger partial charge is 0.242 e. The van der Waals surface area contributed by atoms with Gasteiger partial charge in [0.25, 0.3) is 0 Å². The van der Waals surface area contributed by atoms with Gasteiger partial charge >= 0.3 is 0 Å². The van der Waals surface area contributed by atoms with Crippen LogP contribution in [0.3, 0.4) is 0 Å². The number of carbonyl (C=O) groups is 2. The number of hydrogen-bond donors (Lipinski definition) is 4. The molecule has 0 saturated carbocycles. The van der Waals surface area contributed by atoms with Gasteiger partial charge in [-0.05, 0) is 6.42 Å². The summed E-state index contributed by atoms with van der Waals surface area (Å²) in [6.07, 6.45) is 0.671. The summed E-state index contributed by atoms with van der Waals surface area (Å²) in [6.45, 7) is 1.66. The standard InChI is InChI=1S/C10H18N4O3.H2S/c11-7(5-15)8(16)14-4-3-13-10(6-14)1-2-12-9(10)17;/h7,13,15H,1-6,11H2,(H,12,17);1H2/t7-,10?;/m0./s1. The van der Waals surface area contributed by atoms with E-state index in [1.807, 2.05) is 0 Å². The summed E-state index contributed by atoms with van der Waals surface area (Å²) in [5, 5.41) is 14.8. The van der Waals surface area contributed by atoms with E-state index >= 15 is 0 Å².